The maximum atomic E-state index is 6.65. The number of hydrogen-bond acceptors (Lipinski definition) is 4. The van der Waals surface area contributed by atoms with E-state index in [0.717, 1.165) is 55.3 Å². The summed E-state index contributed by atoms with van der Waals surface area (Å²) < 4.78 is 9.05. The maximum Gasteiger partial charge on any atom is 0.164 e. The molecule has 0 bridgehead atoms. The summed E-state index contributed by atoms with van der Waals surface area (Å²) in [7, 11) is 0. The zero-order chi connectivity index (χ0) is 34.2. The van der Waals surface area contributed by atoms with Gasteiger partial charge >= 0.3 is 0 Å². The van der Waals surface area contributed by atoms with Gasteiger partial charge in [0.05, 0.1) is 22.1 Å². The molecule has 0 aliphatic carbocycles. The summed E-state index contributed by atoms with van der Waals surface area (Å²) in [6.07, 6.45) is 0. The van der Waals surface area contributed by atoms with Gasteiger partial charge in [0.1, 0.15) is 11.2 Å². The number of para-hydroxylation sites is 2. The monoisotopic (exact) mass is 664 g/mol. The predicted molar refractivity (Wildman–Crippen MR) is 213 cm³/mol. The van der Waals surface area contributed by atoms with E-state index in [4.69, 9.17) is 19.4 Å². The van der Waals surface area contributed by atoms with Gasteiger partial charge < -0.3 is 8.98 Å². The molecule has 0 aliphatic heterocycles. The van der Waals surface area contributed by atoms with Gasteiger partial charge in [-0.05, 0) is 57.9 Å². The first kappa shape index (κ1) is 28.7. The van der Waals surface area contributed by atoms with Crippen LogP contribution in [0.2, 0.25) is 0 Å². The molecule has 3 heterocycles. The molecule has 0 aliphatic rings. The Morgan fingerprint density at radius 2 is 0.962 bits per heavy atom. The van der Waals surface area contributed by atoms with Gasteiger partial charge in [0.25, 0.3) is 0 Å². The maximum absolute atomic E-state index is 6.65. The van der Waals surface area contributed by atoms with Gasteiger partial charge in [-0.15, -0.1) is 0 Å². The molecule has 0 unspecified atom stereocenters. The van der Waals surface area contributed by atoms with E-state index in [9.17, 15) is 0 Å². The highest BCUT2D eigenvalue weighted by Gasteiger charge is 2.22. The molecular weight excluding hydrogens is 637 g/mol. The van der Waals surface area contributed by atoms with Crippen LogP contribution in [0.3, 0.4) is 0 Å². The zero-order valence-electron chi connectivity index (χ0n) is 27.9. The van der Waals surface area contributed by atoms with Crippen molar-refractivity contribution in [3.8, 4) is 39.9 Å². The molecule has 11 aromatic rings. The molecule has 3 aromatic heterocycles. The van der Waals surface area contributed by atoms with E-state index in [1.165, 1.54) is 32.3 Å². The van der Waals surface area contributed by atoms with E-state index < -0.39 is 0 Å². The second-order valence-corrected chi connectivity index (χ2v) is 13.2. The van der Waals surface area contributed by atoms with Crippen LogP contribution in [-0.4, -0.2) is 19.5 Å². The van der Waals surface area contributed by atoms with E-state index in [2.05, 4.69) is 102 Å². The molecule has 11 rings (SSSR count). The van der Waals surface area contributed by atoms with Crippen LogP contribution in [-0.2, 0) is 0 Å². The summed E-state index contributed by atoms with van der Waals surface area (Å²) in [5.74, 6) is 1.81. The summed E-state index contributed by atoms with van der Waals surface area (Å²) in [5, 5.41) is 9.38. The van der Waals surface area contributed by atoms with Crippen molar-refractivity contribution in [1.82, 2.24) is 19.5 Å². The Balaban J connectivity index is 1.26. The summed E-state index contributed by atoms with van der Waals surface area (Å²) in [4.78, 5) is 15.2. The molecular formula is C47H28N4O. The molecule has 0 amide bonds. The van der Waals surface area contributed by atoms with E-state index in [1.807, 2.05) is 72.8 Å². The highest BCUT2D eigenvalue weighted by Crippen LogP contribution is 2.42. The molecule has 0 atom stereocenters. The van der Waals surface area contributed by atoms with E-state index in [0.29, 0.717) is 17.5 Å². The van der Waals surface area contributed by atoms with E-state index in [1.54, 1.807) is 0 Å². The third-order valence-electron chi connectivity index (χ3n) is 10.2. The Hall–Kier alpha value is -7.11. The third-order valence-corrected chi connectivity index (χ3v) is 10.2. The lowest BCUT2D eigenvalue weighted by Crippen LogP contribution is -2.01. The van der Waals surface area contributed by atoms with Crippen molar-refractivity contribution in [3.63, 3.8) is 0 Å². The fourth-order valence-electron chi connectivity index (χ4n) is 7.81. The molecule has 0 spiro atoms. The fourth-order valence-corrected chi connectivity index (χ4v) is 7.81. The minimum absolute atomic E-state index is 0.577. The lowest BCUT2D eigenvalue weighted by molar-refractivity contribution is 0.669. The summed E-state index contributed by atoms with van der Waals surface area (Å²) >= 11 is 0. The van der Waals surface area contributed by atoms with E-state index >= 15 is 0 Å². The zero-order valence-corrected chi connectivity index (χ0v) is 27.9. The van der Waals surface area contributed by atoms with Crippen LogP contribution in [0.4, 0.5) is 0 Å². The normalized spacial score (nSPS) is 11.8. The van der Waals surface area contributed by atoms with Crippen molar-refractivity contribution < 1.29 is 4.42 Å². The van der Waals surface area contributed by atoms with E-state index in [-0.39, 0.29) is 0 Å². The third kappa shape index (κ3) is 4.39. The summed E-state index contributed by atoms with van der Waals surface area (Å²) in [6.45, 7) is 0. The van der Waals surface area contributed by atoms with Crippen LogP contribution in [0.5, 0.6) is 0 Å². The molecule has 0 radical (unpaired) electrons. The fraction of sp³-hybridized carbons (Fsp3) is 0. The highest BCUT2D eigenvalue weighted by molar-refractivity contribution is 6.20. The molecule has 8 aromatic carbocycles. The van der Waals surface area contributed by atoms with Crippen molar-refractivity contribution in [2.24, 2.45) is 0 Å². The lowest BCUT2D eigenvalue weighted by atomic mass is 10.00. The average molecular weight is 665 g/mol. The molecule has 0 saturated heterocycles. The smallest absolute Gasteiger partial charge is 0.164 e. The Labute approximate surface area is 298 Å². The summed E-state index contributed by atoms with van der Waals surface area (Å²) in [5.41, 5.74) is 7.55. The number of aromatic nitrogens is 4. The van der Waals surface area contributed by atoms with Crippen molar-refractivity contribution >= 4 is 65.3 Å². The van der Waals surface area contributed by atoms with Crippen LogP contribution in [0.25, 0.3) is 105 Å². The number of fused-ring (bicyclic) bond motifs is 9. The second-order valence-electron chi connectivity index (χ2n) is 13.2. The predicted octanol–water partition coefficient (Wildman–Crippen LogP) is 12.2. The van der Waals surface area contributed by atoms with Gasteiger partial charge in [0, 0.05) is 32.8 Å². The van der Waals surface area contributed by atoms with Crippen LogP contribution in [0.1, 0.15) is 0 Å². The Bertz CT molecular complexity index is 3120. The first-order valence-electron chi connectivity index (χ1n) is 17.4. The van der Waals surface area contributed by atoms with Crippen LogP contribution < -0.4 is 0 Å². The first-order valence-corrected chi connectivity index (χ1v) is 17.4. The van der Waals surface area contributed by atoms with Crippen LogP contribution >= 0.6 is 0 Å². The number of hydrogen-bond donors (Lipinski definition) is 0. The quantitative estimate of drug-likeness (QED) is 0.176. The molecule has 0 saturated carbocycles. The van der Waals surface area contributed by atoms with Crippen LogP contribution in [0, 0.1) is 0 Å². The molecule has 52 heavy (non-hydrogen) atoms. The lowest BCUT2D eigenvalue weighted by Gasteiger charge is -2.14. The Kier molecular flexibility index (Phi) is 6.18. The summed E-state index contributed by atoms with van der Waals surface area (Å²) in [6, 6.07) is 59.2. The Morgan fingerprint density at radius 1 is 0.365 bits per heavy atom. The second kappa shape index (κ2) is 11.2. The minimum atomic E-state index is 0.577. The molecule has 242 valence electrons. The average Bonchev–Trinajstić information content (AvgIpc) is 3.75. The number of furan rings is 1. The Morgan fingerprint density at radius 3 is 1.71 bits per heavy atom. The van der Waals surface area contributed by atoms with Crippen molar-refractivity contribution in [2.75, 3.05) is 0 Å². The van der Waals surface area contributed by atoms with Gasteiger partial charge in [0.2, 0.25) is 0 Å². The van der Waals surface area contributed by atoms with Gasteiger partial charge in [0.15, 0.2) is 17.5 Å². The number of rotatable bonds is 4. The van der Waals surface area contributed by atoms with Crippen molar-refractivity contribution in [1.29, 1.82) is 0 Å². The van der Waals surface area contributed by atoms with Gasteiger partial charge in [-0.2, -0.15) is 0 Å². The molecule has 5 nitrogen and oxygen atoms in total. The van der Waals surface area contributed by atoms with Crippen molar-refractivity contribution in [3.05, 3.63) is 170 Å². The highest BCUT2D eigenvalue weighted by atomic mass is 16.3. The molecule has 5 heteroatoms. The topological polar surface area (TPSA) is 56.7 Å². The molecule has 0 fully saturated rings. The number of nitrogens with zero attached hydrogens (tertiary/aromatic N) is 4. The van der Waals surface area contributed by atoms with Gasteiger partial charge in [-0.25, -0.2) is 15.0 Å². The van der Waals surface area contributed by atoms with Crippen molar-refractivity contribution in [2.45, 2.75) is 0 Å². The van der Waals surface area contributed by atoms with Gasteiger partial charge in [-0.1, -0.05) is 133 Å². The molecule has 0 N–H and O–H groups in total. The largest absolute Gasteiger partial charge is 0.456 e. The number of benzene rings is 8. The van der Waals surface area contributed by atoms with Crippen LogP contribution in [0.15, 0.2) is 174 Å². The standard InChI is InChI=1S/C47H28N4O/c1-3-14-30(15-4-1)45-48-46(31-16-5-2-6-17-31)50-47(49-45)33-26-41(44-36-20-10-12-22-42(36)52-43(44)27-33)51-39-21-11-9-19-35(39)38-25-32-24-23-29-13-7-8-18-34(29)37(32)28-40(38)51/h1-28H. The first-order chi connectivity index (χ1) is 25.8. The van der Waals surface area contributed by atoms with Gasteiger partial charge in [-0.3, -0.25) is 0 Å². The minimum Gasteiger partial charge on any atom is -0.456 e. The SMILES string of the molecule is c1ccc(-c2nc(-c3ccccc3)nc(-c3cc(-n4c5ccccc5c5cc6ccc7ccccc7c6cc54)c4c(c3)oc3ccccc34)n2)cc1.